The zero-order valence-electron chi connectivity index (χ0n) is 17.1. The Labute approximate surface area is 171 Å². The molecule has 0 saturated carbocycles. The molecule has 2 aromatic rings. The summed E-state index contributed by atoms with van der Waals surface area (Å²) in [5.74, 6) is 0.801. The van der Waals surface area contributed by atoms with Crippen molar-refractivity contribution < 1.29 is 18.8 Å². The van der Waals surface area contributed by atoms with Gasteiger partial charge in [-0.2, -0.15) is 0 Å². The highest BCUT2D eigenvalue weighted by Gasteiger charge is 2.33. The molecule has 29 heavy (non-hydrogen) atoms. The number of carbonyl (C=O) groups excluding carboxylic acids is 2. The van der Waals surface area contributed by atoms with E-state index in [2.05, 4.69) is 5.16 Å². The van der Waals surface area contributed by atoms with Gasteiger partial charge in [-0.1, -0.05) is 17.3 Å². The van der Waals surface area contributed by atoms with Gasteiger partial charge in [0.15, 0.2) is 5.78 Å². The van der Waals surface area contributed by atoms with Gasteiger partial charge in [-0.3, -0.25) is 9.59 Å². The molecule has 1 fully saturated rings. The molecule has 6 nitrogen and oxygen atoms in total. The summed E-state index contributed by atoms with van der Waals surface area (Å²) in [6.07, 6.45) is 5.52. The highest BCUT2D eigenvalue weighted by molar-refractivity contribution is 5.99. The van der Waals surface area contributed by atoms with E-state index in [0.717, 1.165) is 49.8 Å². The lowest BCUT2D eigenvalue weighted by Crippen LogP contribution is -2.42. The third-order valence-electron chi connectivity index (χ3n) is 5.72. The molecule has 1 amide bonds. The molecule has 0 radical (unpaired) electrons. The maximum absolute atomic E-state index is 13.1. The second-order valence-corrected chi connectivity index (χ2v) is 8.29. The van der Waals surface area contributed by atoms with Crippen molar-refractivity contribution in [2.75, 3.05) is 13.1 Å². The first kappa shape index (κ1) is 19.7. The highest BCUT2D eigenvalue weighted by atomic mass is 16.5. The first-order chi connectivity index (χ1) is 14.0. The Bertz CT molecular complexity index is 902. The van der Waals surface area contributed by atoms with Crippen molar-refractivity contribution in [2.24, 2.45) is 5.92 Å². The summed E-state index contributed by atoms with van der Waals surface area (Å²) < 4.78 is 11.1. The number of hydrogen-bond donors (Lipinski definition) is 0. The molecule has 4 rings (SSSR count). The third-order valence-corrected chi connectivity index (χ3v) is 5.72. The molecule has 1 unspecified atom stereocenters. The number of fused-ring (bicyclic) bond motifs is 1. The van der Waals surface area contributed by atoms with Gasteiger partial charge in [0, 0.05) is 30.1 Å². The van der Waals surface area contributed by atoms with Crippen LogP contribution in [0, 0.1) is 5.92 Å². The van der Waals surface area contributed by atoms with Crippen LogP contribution in [0.4, 0.5) is 0 Å². The van der Waals surface area contributed by atoms with Gasteiger partial charge in [-0.25, -0.2) is 0 Å². The lowest BCUT2D eigenvalue weighted by atomic mass is 9.89. The second kappa shape index (κ2) is 8.39. The third kappa shape index (κ3) is 4.21. The topological polar surface area (TPSA) is 72.6 Å². The van der Waals surface area contributed by atoms with E-state index in [9.17, 15) is 9.59 Å². The Hall–Kier alpha value is -2.63. The van der Waals surface area contributed by atoms with Gasteiger partial charge in [0.05, 0.1) is 11.8 Å². The quantitative estimate of drug-likeness (QED) is 0.712. The van der Waals surface area contributed by atoms with Gasteiger partial charge in [-0.15, -0.1) is 0 Å². The number of amides is 1. The molecule has 0 bridgehead atoms. The van der Waals surface area contributed by atoms with Crippen molar-refractivity contribution in [3.63, 3.8) is 0 Å². The summed E-state index contributed by atoms with van der Waals surface area (Å²) in [7, 11) is 0. The molecule has 1 aromatic heterocycles. The number of benzene rings is 1. The van der Waals surface area contributed by atoms with Crippen LogP contribution in [-0.2, 0) is 12.8 Å². The standard InChI is InChI=1S/C23H28N2O4/c1-15(2)28-18-9-5-7-16(13-18)21(26)17-8-6-12-25(14-17)23(27)22-19-10-3-4-11-20(19)24-29-22/h5,7,9,13,15,17H,3-4,6,8,10-12,14H2,1-2H3. The molecular formula is C23H28N2O4. The van der Waals surface area contributed by atoms with Crippen molar-refractivity contribution >= 4 is 11.7 Å². The van der Waals surface area contributed by atoms with E-state index in [1.165, 1.54) is 0 Å². The molecule has 154 valence electrons. The fraction of sp³-hybridized carbons (Fsp3) is 0.522. The van der Waals surface area contributed by atoms with E-state index in [0.29, 0.717) is 30.2 Å². The van der Waals surface area contributed by atoms with Gasteiger partial charge in [0.2, 0.25) is 5.76 Å². The van der Waals surface area contributed by atoms with Crippen molar-refractivity contribution in [3.8, 4) is 5.75 Å². The molecule has 6 heteroatoms. The van der Waals surface area contributed by atoms with Crippen LogP contribution in [0.15, 0.2) is 28.8 Å². The number of ether oxygens (including phenoxy) is 1. The summed E-state index contributed by atoms with van der Waals surface area (Å²) >= 11 is 0. The molecule has 0 N–H and O–H groups in total. The summed E-state index contributed by atoms with van der Waals surface area (Å²) in [5.41, 5.74) is 2.53. The zero-order chi connectivity index (χ0) is 20.4. The minimum absolute atomic E-state index is 0.0518. The largest absolute Gasteiger partial charge is 0.491 e. The van der Waals surface area contributed by atoms with Crippen LogP contribution < -0.4 is 4.74 Å². The molecule has 1 aromatic carbocycles. The van der Waals surface area contributed by atoms with E-state index >= 15 is 0 Å². The van der Waals surface area contributed by atoms with E-state index in [1.807, 2.05) is 32.0 Å². The molecule has 1 aliphatic heterocycles. The van der Waals surface area contributed by atoms with Crippen LogP contribution in [0.5, 0.6) is 5.75 Å². The monoisotopic (exact) mass is 396 g/mol. The van der Waals surface area contributed by atoms with E-state index in [1.54, 1.807) is 11.0 Å². The van der Waals surface area contributed by atoms with Crippen molar-refractivity contribution in [2.45, 2.75) is 58.5 Å². The first-order valence-corrected chi connectivity index (χ1v) is 10.6. The number of rotatable bonds is 5. The Morgan fingerprint density at radius 1 is 1.21 bits per heavy atom. The number of carbonyl (C=O) groups is 2. The van der Waals surface area contributed by atoms with E-state index < -0.39 is 0 Å². The Balaban J connectivity index is 1.47. The molecule has 1 atom stereocenters. The Morgan fingerprint density at radius 3 is 2.86 bits per heavy atom. The maximum Gasteiger partial charge on any atom is 0.292 e. The minimum Gasteiger partial charge on any atom is -0.491 e. The zero-order valence-corrected chi connectivity index (χ0v) is 17.1. The lowest BCUT2D eigenvalue weighted by Gasteiger charge is -2.31. The van der Waals surface area contributed by atoms with Crippen LogP contribution in [0.2, 0.25) is 0 Å². The summed E-state index contributed by atoms with van der Waals surface area (Å²) in [6.45, 7) is 4.99. The van der Waals surface area contributed by atoms with E-state index in [-0.39, 0.29) is 23.7 Å². The smallest absolute Gasteiger partial charge is 0.292 e. The van der Waals surface area contributed by atoms with Gasteiger partial charge < -0.3 is 14.2 Å². The van der Waals surface area contributed by atoms with Crippen LogP contribution >= 0.6 is 0 Å². The normalized spacial score (nSPS) is 19.1. The maximum atomic E-state index is 13.1. The van der Waals surface area contributed by atoms with Crippen LogP contribution in [0.1, 0.15) is 71.7 Å². The van der Waals surface area contributed by atoms with Gasteiger partial charge in [0.1, 0.15) is 5.75 Å². The van der Waals surface area contributed by atoms with Gasteiger partial charge in [0.25, 0.3) is 5.91 Å². The summed E-state index contributed by atoms with van der Waals surface area (Å²) in [5, 5.41) is 4.10. The second-order valence-electron chi connectivity index (χ2n) is 8.29. The lowest BCUT2D eigenvalue weighted by molar-refractivity contribution is 0.0601. The number of likely N-dealkylation sites (tertiary alicyclic amines) is 1. The van der Waals surface area contributed by atoms with E-state index in [4.69, 9.17) is 9.26 Å². The molecule has 1 saturated heterocycles. The average Bonchev–Trinajstić information content (AvgIpc) is 3.16. The number of aromatic nitrogens is 1. The van der Waals surface area contributed by atoms with Crippen molar-refractivity contribution in [1.82, 2.24) is 10.1 Å². The number of aryl methyl sites for hydroxylation is 1. The van der Waals surface area contributed by atoms with Crippen LogP contribution in [-0.4, -0.2) is 40.9 Å². The van der Waals surface area contributed by atoms with Crippen LogP contribution in [0.3, 0.4) is 0 Å². The fourth-order valence-corrected chi connectivity index (χ4v) is 4.31. The molecular weight excluding hydrogens is 368 g/mol. The number of ketones is 1. The van der Waals surface area contributed by atoms with Crippen molar-refractivity contribution in [1.29, 1.82) is 0 Å². The van der Waals surface area contributed by atoms with Gasteiger partial charge >= 0.3 is 0 Å². The highest BCUT2D eigenvalue weighted by Crippen LogP contribution is 2.28. The average molecular weight is 396 g/mol. The number of hydrogen-bond acceptors (Lipinski definition) is 5. The minimum atomic E-state index is -0.208. The predicted octanol–water partition coefficient (Wildman–Crippen LogP) is 4.08. The molecule has 2 aliphatic rings. The van der Waals surface area contributed by atoms with Gasteiger partial charge in [-0.05, 0) is 64.5 Å². The number of nitrogens with zero attached hydrogens (tertiary/aromatic N) is 2. The fourth-order valence-electron chi connectivity index (χ4n) is 4.31. The summed E-state index contributed by atoms with van der Waals surface area (Å²) in [4.78, 5) is 27.9. The first-order valence-electron chi connectivity index (χ1n) is 10.6. The predicted molar refractivity (Wildman–Crippen MR) is 108 cm³/mol. The summed E-state index contributed by atoms with van der Waals surface area (Å²) in [6, 6.07) is 7.33. The van der Waals surface area contributed by atoms with Crippen LogP contribution in [0.25, 0.3) is 0 Å². The SMILES string of the molecule is CC(C)Oc1cccc(C(=O)C2CCCN(C(=O)c3onc4c3CCCC4)C2)c1. The number of Topliss-reactive ketones (excluding diaryl/α,β-unsaturated/α-hetero) is 1. The Morgan fingerprint density at radius 2 is 2.03 bits per heavy atom. The van der Waals surface area contributed by atoms with Crippen molar-refractivity contribution in [3.05, 3.63) is 46.8 Å². The molecule has 1 aliphatic carbocycles. The number of piperidine rings is 1. The molecule has 0 spiro atoms. The Kier molecular flexibility index (Phi) is 5.69. The molecule has 2 heterocycles.